The van der Waals surface area contributed by atoms with E-state index in [0.29, 0.717) is 48.1 Å². The third-order valence-corrected chi connectivity index (χ3v) is 4.81. The highest BCUT2D eigenvalue weighted by Gasteiger charge is 2.12. The van der Waals surface area contributed by atoms with Crippen molar-refractivity contribution < 1.29 is 23.7 Å². The van der Waals surface area contributed by atoms with Gasteiger partial charge in [0.25, 0.3) is 5.91 Å². The summed E-state index contributed by atoms with van der Waals surface area (Å²) in [6.07, 6.45) is 0.668. The molecule has 31 heavy (non-hydrogen) atoms. The van der Waals surface area contributed by atoms with Crippen LogP contribution in [0.1, 0.15) is 21.5 Å². The minimum Gasteiger partial charge on any atom is -0.493 e. The van der Waals surface area contributed by atoms with E-state index < -0.39 is 0 Å². The van der Waals surface area contributed by atoms with Gasteiger partial charge in [-0.15, -0.1) is 0 Å². The van der Waals surface area contributed by atoms with Gasteiger partial charge in [0.1, 0.15) is 6.61 Å². The molecule has 0 heterocycles. The van der Waals surface area contributed by atoms with Gasteiger partial charge in [0.15, 0.2) is 23.0 Å². The maximum Gasteiger partial charge on any atom is 0.251 e. The molecular formula is C25H27NO5. The fourth-order valence-electron chi connectivity index (χ4n) is 3.12. The van der Waals surface area contributed by atoms with E-state index in [1.165, 1.54) is 0 Å². The molecule has 6 nitrogen and oxygen atoms in total. The van der Waals surface area contributed by atoms with Gasteiger partial charge in [-0.05, 0) is 47.9 Å². The van der Waals surface area contributed by atoms with Crippen LogP contribution in [0.5, 0.6) is 23.0 Å². The van der Waals surface area contributed by atoms with Crippen LogP contribution in [-0.2, 0) is 13.0 Å². The maximum absolute atomic E-state index is 12.6. The molecule has 0 radical (unpaired) electrons. The van der Waals surface area contributed by atoms with Crippen LogP contribution >= 0.6 is 0 Å². The fourth-order valence-corrected chi connectivity index (χ4v) is 3.12. The lowest BCUT2D eigenvalue weighted by Gasteiger charge is -2.13. The van der Waals surface area contributed by atoms with Gasteiger partial charge in [0.2, 0.25) is 0 Å². The molecule has 0 saturated carbocycles. The third kappa shape index (κ3) is 5.92. The minimum atomic E-state index is -0.173. The first-order chi connectivity index (χ1) is 15.1. The second-order valence-electron chi connectivity index (χ2n) is 6.84. The lowest BCUT2D eigenvalue weighted by Crippen LogP contribution is -2.25. The number of methoxy groups -OCH3 is 3. The van der Waals surface area contributed by atoms with E-state index in [-0.39, 0.29) is 5.91 Å². The van der Waals surface area contributed by atoms with Gasteiger partial charge in [0.05, 0.1) is 21.3 Å². The Labute approximate surface area is 182 Å². The summed E-state index contributed by atoms with van der Waals surface area (Å²) in [4.78, 5) is 12.6. The van der Waals surface area contributed by atoms with Crippen molar-refractivity contribution in [2.75, 3.05) is 27.9 Å². The van der Waals surface area contributed by atoms with Crippen LogP contribution < -0.4 is 24.3 Å². The van der Waals surface area contributed by atoms with E-state index in [4.69, 9.17) is 18.9 Å². The number of benzene rings is 3. The third-order valence-electron chi connectivity index (χ3n) is 4.81. The largest absolute Gasteiger partial charge is 0.493 e. The van der Waals surface area contributed by atoms with Crippen LogP contribution in [0.15, 0.2) is 66.7 Å². The number of amides is 1. The van der Waals surface area contributed by atoms with E-state index in [1.807, 2.05) is 48.5 Å². The van der Waals surface area contributed by atoms with Gasteiger partial charge in [-0.3, -0.25) is 4.79 Å². The summed E-state index contributed by atoms with van der Waals surface area (Å²) < 4.78 is 21.8. The molecule has 0 saturated heterocycles. The average molecular weight is 421 g/mol. The highest BCUT2D eigenvalue weighted by Crippen LogP contribution is 2.29. The van der Waals surface area contributed by atoms with Crippen LogP contribution in [-0.4, -0.2) is 33.8 Å². The van der Waals surface area contributed by atoms with Gasteiger partial charge in [0, 0.05) is 12.1 Å². The molecule has 0 aliphatic rings. The van der Waals surface area contributed by atoms with Crippen LogP contribution in [0.25, 0.3) is 0 Å². The summed E-state index contributed by atoms with van der Waals surface area (Å²) in [5, 5.41) is 2.93. The van der Waals surface area contributed by atoms with Crippen LogP contribution in [0.2, 0.25) is 0 Å². The van der Waals surface area contributed by atoms with Crippen molar-refractivity contribution >= 4 is 5.91 Å². The zero-order chi connectivity index (χ0) is 22.1. The topological polar surface area (TPSA) is 66.0 Å². The molecule has 3 aromatic rings. The van der Waals surface area contributed by atoms with Gasteiger partial charge in [-0.1, -0.05) is 36.4 Å². The lowest BCUT2D eigenvalue weighted by atomic mass is 10.1. The molecule has 1 N–H and O–H groups in total. The van der Waals surface area contributed by atoms with Crippen LogP contribution in [0.3, 0.4) is 0 Å². The smallest absolute Gasteiger partial charge is 0.251 e. The molecule has 0 fully saturated rings. The Kier molecular flexibility index (Phi) is 7.76. The summed E-state index contributed by atoms with van der Waals surface area (Å²) in [7, 11) is 4.76. The quantitative estimate of drug-likeness (QED) is 0.530. The monoisotopic (exact) mass is 421 g/mol. The molecule has 0 aromatic heterocycles. The van der Waals surface area contributed by atoms with Gasteiger partial charge < -0.3 is 24.3 Å². The number of hydrogen-bond acceptors (Lipinski definition) is 5. The summed E-state index contributed by atoms with van der Waals surface area (Å²) in [6.45, 7) is 0.914. The van der Waals surface area contributed by atoms with Crippen molar-refractivity contribution in [3.05, 3.63) is 83.4 Å². The number of rotatable bonds is 10. The van der Waals surface area contributed by atoms with E-state index in [1.54, 1.807) is 39.5 Å². The van der Waals surface area contributed by atoms with Crippen molar-refractivity contribution in [2.45, 2.75) is 13.0 Å². The summed E-state index contributed by atoms with van der Waals surface area (Å²) >= 11 is 0. The zero-order valence-electron chi connectivity index (χ0n) is 18.0. The molecule has 0 atom stereocenters. The Morgan fingerprint density at radius 3 is 2.13 bits per heavy atom. The molecule has 3 rings (SSSR count). The Bertz CT molecular complexity index is 1000. The number of ether oxygens (including phenoxy) is 4. The second-order valence-corrected chi connectivity index (χ2v) is 6.84. The van der Waals surface area contributed by atoms with E-state index in [2.05, 4.69) is 5.32 Å². The Balaban J connectivity index is 1.57. The Hall–Kier alpha value is -3.67. The number of hydrogen-bond donors (Lipinski definition) is 1. The average Bonchev–Trinajstić information content (AvgIpc) is 2.83. The molecule has 6 heteroatoms. The van der Waals surface area contributed by atoms with Gasteiger partial charge in [-0.25, -0.2) is 0 Å². The molecule has 0 unspecified atom stereocenters. The molecular weight excluding hydrogens is 394 g/mol. The molecule has 3 aromatic carbocycles. The SMILES string of the molecule is COc1ccc(CCNC(=O)c2ccc(OCc3ccccc3)c(OC)c2)cc1OC. The van der Waals surface area contributed by atoms with Gasteiger partial charge >= 0.3 is 0 Å². The first kappa shape index (κ1) is 22.0. The number of carbonyl (C=O) groups is 1. The van der Waals surface area contributed by atoms with E-state index in [9.17, 15) is 4.79 Å². The van der Waals surface area contributed by atoms with Crippen LogP contribution in [0.4, 0.5) is 0 Å². The molecule has 0 bridgehead atoms. The van der Waals surface area contributed by atoms with Crippen molar-refractivity contribution in [3.8, 4) is 23.0 Å². The minimum absolute atomic E-state index is 0.173. The van der Waals surface area contributed by atoms with Crippen molar-refractivity contribution in [3.63, 3.8) is 0 Å². The Morgan fingerprint density at radius 2 is 1.42 bits per heavy atom. The molecule has 0 aliphatic carbocycles. The molecule has 162 valence electrons. The highest BCUT2D eigenvalue weighted by molar-refractivity contribution is 5.94. The van der Waals surface area contributed by atoms with E-state index in [0.717, 1.165) is 11.1 Å². The summed E-state index contributed by atoms with van der Waals surface area (Å²) in [5.41, 5.74) is 2.61. The predicted octanol–water partition coefficient (Wildman–Crippen LogP) is 4.26. The highest BCUT2D eigenvalue weighted by atomic mass is 16.5. The predicted molar refractivity (Wildman–Crippen MR) is 119 cm³/mol. The normalized spacial score (nSPS) is 10.3. The zero-order valence-corrected chi connectivity index (χ0v) is 18.0. The van der Waals surface area contributed by atoms with E-state index >= 15 is 0 Å². The van der Waals surface area contributed by atoms with Crippen molar-refractivity contribution in [1.29, 1.82) is 0 Å². The van der Waals surface area contributed by atoms with Crippen molar-refractivity contribution in [1.82, 2.24) is 5.32 Å². The molecule has 0 spiro atoms. The van der Waals surface area contributed by atoms with Gasteiger partial charge in [-0.2, -0.15) is 0 Å². The number of nitrogens with one attached hydrogen (secondary N) is 1. The van der Waals surface area contributed by atoms with Crippen LogP contribution in [0, 0.1) is 0 Å². The van der Waals surface area contributed by atoms with Crippen molar-refractivity contribution in [2.24, 2.45) is 0 Å². The fraction of sp³-hybridized carbons (Fsp3) is 0.240. The first-order valence-corrected chi connectivity index (χ1v) is 9.98. The first-order valence-electron chi connectivity index (χ1n) is 9.98. The second kappa shape index (κ2) is 10.9. The molecule has 0 aliphatic heterocycles. The summed E-state index contributed by atoms with van der Waals surface area (Å²) in [6, 6.07) is 20.8. The molecule has 1 amide bonds. The lowest BCUT2D eigenvalue weighted by molar-refractivity contribution is 0.0953. The number of carbonyl (C=O) groups excluding carboxylic acids is 1. The Morgan fingerprint density at radius 1 is 0.742 bits per heavy atom. The summed E-state index contributed by atoms with van der Waals surface area (Å²) in [5.74, 6) is 2.28. The maximum atomic E-state index is 12.6. The standard InChI is InChI=1S/C25H27NO5/c1-28-21-11-9-18(15-23(21)29-2)13-14-26-25(27)20-10-12-22(24(16-20)30-3)31-17-19-7-5-4-6-8-19/h4-12,15-16H,13-14,17H2,1-3H3,(H,26,27).